The van der Waals surface area contributed by atoms with Crippen LogP contribution >= 0.6 is 7.82 Å². The number of rotatable bonds is 14. The first-order valence-corrected chi connectivity index (χ1v) is 15.7. The summed E-state index contributed by atoms with van der Waals surface area (Å²) in [5.74, 6) is -1.54. The first kappa shape index (κ1) is 32.3. The van der Waals surface area contributed by atoms with Gasteiger partial charge in [-0.25, -0.2) is 23.3 Å². The topological polar surface area (TPSA) is 167 Å². The average molecular weight is 647 g/mol. The number of carbonyl (C=O) groups excluding carboxylic acids is 1. The molecule has 240 valence electrons. The standard InChI is InChI=1S/C28H33F2N8O6P/c29-23-3-1-4-24(27(23)30)35-26(39)18-38-17-20(16-33-38)34-28-22-6-5-21(15-25(22)31-19-32-28)43-13-2-7-36-8-10-37(11-9-36)12-14-44-45(40,41)42/h1,3-6,15-17,19H,2,7-14,18H2,(H,35,39)(H,31,32,34)(H2,40,41,42). The van der Waals surface area contributed by atoms with Crippen LogP contribution in [0.1, 0.15) is 6.42 Å². The predicted octanol–water partition coefficient (Wildman–Crippen LogP) is 2.98. The zero-order valence-corrected chi connectivity index (χ0v) is 25.1. The van der Waals surface area contributed by atoms with Crippen molar-refractivity contribution in [3.8, 4) is 5.75 Å². The molecule has 4 aromatic rings. The maximum atomic E-state index is 13.8. The van der Waals surface area contributed by atoms with Crippen molar-refractivity contribution in [1.82, 2.24) is 29.5 Å². The molecule has 2 aromatic heterocycles. The van der Waals surface area contributed by atoms with Crippen molar-refractivity contribution in [2.75, 3.05) is 63.1 Å². The monoisotopic (exact) mass is 646 g/mol. The van der Waals surface area contributed by atoms with E-state index in [2.05, 4.69) is 40.0 Å². The lowest BCUT2D eigenvalue weighted by Crippen LogP contribution is -2.47. The molecule has 0 bridgehead atoms. The summed E-state index contributed by atoms with van der Waals surface area (Å²) in [6.45, 7) is 5.00. The van der Waals surface area contributed by atoms with Gasteiger partial charge in [0.1, 0.15) is 24.4 Å². The Morgan fingerprint density at radius 2 is 1.80 bits per heavy atom. The average Bonchev–Trinajstić information content (AvgIpc) is 3.44. The van der Waals surface area contributed by atoms with Gasteiger partial charge in [0, 0.05) is 56.9 Å². The number of carbonyl (C=O) groups is 1. The summed E-state index contributed by atoms with van der Waals surface area (Å²) in [4.78, 5) is 43.0. The Labute approximate surface area is 257 Å². The molecule has 1 saturated heterocycles. The lowest BCUT2D eigenvalue weighted by atomic mass is 10.2. The number of halogens is 2. The molecule has 14 nitrogen and oxygen atoms in total. The molecule has 17 heteroatoms. The summed E-state index contributed by atoms with van der Waals surface area (Å²) >= 11 is 0. The van der Waals surface area contributed by atoms with Crippen LogP contribution in [0.4, 0.5) is 26.0 Å². The van der Waals surface area contributed by atoms with E-state index < -0.39 is 25.4 Å². The van der Waals surface area contributed by atoms with E-state index in [4.69, 9.17) is 14.5 Å². The van der Waals surface area contributed by atoms with Crippen LogP contribution in [0.25, 0.3) is 10.9 Å². The highest BCUT2D eigenvalue weighted by atomic mass is 31.2. The van der Waals surface area contributed by atoms with Gasteiger partial charge in [0.05, 0.1) is 36.3 Å². The van der Waals surface area contributed by atoms with Gasteiger partial charge in [-0.2, -0.15) is 5.10 Å². The quantitative estimate of drug-likeness (QED) is 0.117. The number of phosphoric ester groups is 1. The van der Waals surface area contributed by atoms with Crippen LogP contribution in [0.5, 0.6) is 5.75 Å². The van der Waals surface area contributed by atoms with E-state index >= 15 is 0 Å². The first-order chi connectivity index (χ1) is 21.6. The third kappa shape index (κ3) is 9.47. The van der Waals surface area contributed by atoms with Crippen molar-refractivity contribution < 1.29 is 37.2 Å². The molecule has 0 aliphatic carbocycles. The minimum Gasteiger partial charge on any atom is -0.493 e. The van der Waals surface area contributed by atoms with E-state index in [0.29, 0.717) is 35.9 Å². The molecule has 1 aliphatic heterocycles. The number of anilines is 3. The molecule has 1 fully saturated rings. The number of nitrogens with one attached hydrogen (secondary N) is 2. The molecule has 1 aliphatic rings. The van der Waals surface area contributed by atoms with Gasteiger partial charge in [-0.05, 0) is 30.7 Å². The second kappa shape index (κ2) is 14.8. The van der Waals surface area contributed by atoms with Crippen LogP contribution in [-0.2, 0) is 20.4 Å². The summed E-state index contributed by atoms with van der Waals surface area (Å²) in [7, 11) is -4.43. The number of ether oxygens (including phenoxy) is 1. The third-order valence-electron chi connectivity index (χ3n) is 7.05. The van der Waals surface area contributed by atoms with Crippen molar-refractivity contribution in [2.45, 2.75) is 13.0 Å². The number of hydrogen-bond acceptors (Lipinski definition) is 10. The smallest absolute Gasteiger partial charge is 0.469 e. The molecule has 0 radical (unpaired) electrons. The van der Waals surface area contributed by atoms with Gasteiger partial charge in [-0.1, -0.05) is 6.07 Å². The number of fused-ring (bicyclic) bond motifs is 1. The first-order valence-electron chi connectivity index (χ1n) is 14.2. The zero-order valence-electron chi connectivity index (χ0n) is 24.2. The maximum Gasteiger partial charge on any atom is 0.469 e. The Hall–Kier alpha value is -4.05. The molecule has 1 amide bonds. The highest BCUT2D eigenvalue weighted by Crippen LogP contribution is 2.35. The van der Waals surface area contributed by atoms with Crippen LogP contribution < -0.4 is 15.4 Å². The fraction of sp³-hybridized carbons (Fsp3) is 0.357. The largest absolute Gasteiger partial charge is 0.493 e. The van der Waals surface area contributed by atoms with Crippen molar-refractivity contribution in [2.24, 2.45) is 0 Å². The molecule has 0 atom stereocenters. The van der Waals surface area contributed by atoms with Crippen LogP contribution in [0.15, 0.2) is 55.1 Å². The van der Waals surface area contributed by atoms with E-state index in [1.54, 1.807) is 6.20 Å². The maximum absolute atomic E-state index is 13.8. The summed E-state index contributed by atoms with van der Waals surface area (Å²) < 4.78 is 49.9. The second-order valence-corrected chi connectivity index (χ2v) is 11.6. The second-order valence-electron chi connectivity index (χ2n) is 10.3. The number of piperazine rings is 1. The summed E-state index contributed by atoms with van der Waals surface area (Å²) in [6.07, 6.45) is 5.36. The van der Waals surface area contributed by atoms with Gasteiger partial charge in [-0.3, -0.25) is 18.9 Å². The molecule has 0 spiro atoms. The summed E-state index contributed by atoms with van der Waals surface area (Å²) in [5, 5.41) is 10.4. The lowest BCUT2D eigenvalue weighted by Gasteiger charge is -2.34. The Bertz CT molecular complexity index is 1660. The molecule has 4 N–H and O–H groups in total. The van der Waals surface area contributed by atoms with Gasteiger partial charge < -0.3 is 30.1 Å². The highest BCUT2D eigenvalue weighted by Gasteiger charge is 2.19. The van der Waals surface area contributed by atoms with E-state index in [9.17, 15) is 18.1 Å². The molecule has 5 rings (SSSR count). The zero-order chi connectivity index (χ0) is 31.8. The molecule has 2 aromatic carbocycles. The van der Waals surface area contributed by atoms with E-state index in [1.165, 1.54) is 29.3 Å². The third-order valence-corrected chi connectivity index (χ3v) is 7.57. The molecular formula is C28H33F2N8O6P. The lowest BCUT2D eigenvalue weighted by molar-refractivity contribution is -0.116. The summed E-state index contributed by atoms with van der Waals surface area (Å²) in [6, 6.07) is 9.08. The Morgan fingerprint density at radius 1 is 1.02 bits per heavy atom. The molecule has 3 heterocycles. The van der Waals surface area contributed by atoms with Crippen molar-refractivity contribution in [3.63, 3.8) is 0 Å². The van der Waals surface area contributed by atoms with Crippen LogP contribution in [-0.4, -0.2) is 97.7 Å². The van der Waals surface area contributed by atoms with Gasteiger partial charge in [-0.15, -0.1) is 0 Å². The SMILES string of the molecule is O=C(Cn1cc(Nc2ncnc3cc(OCCCN4CCN(CCOP(=O)(O)O)CC4)ccc23)cn1)Nc1cccc(F)c1F. The van der Waals surface area contributed by atoms with Gasteiger partial charge in [0.2, 0.25) is 5.91 Å². The molecular weight excluding hydrogens is 613 g/mol. The van der Waals surface area contributed by atoms with Crippen LogP contribution in [0, 0.1) is 11.6 Å². The summed E-state index contributed by atoms with van der Waals surface area (Å²) in [5.41, 5.74) is 0.992. The fourth-order valence-corrected chi connectivity index (χ4v) is 5.14. The van der Waals surface area contributed by atoms with Crippen molar-refractivity contribution >= 4 is 41.8 Å². The number of aromatic nitrogens is 4. The molecule has 45 heavy (non-hydrogen) atoms. The number of nitrogens with zero attached hydrogens (tertiary/aromatic N) is 6. The van der Waals surface area contributed by atoms with Crippen LogP contribution in [0.3, 0.4) is 0 Å². The normalized spacial score (nSPS) is 14.5. The van der Waals surface area contributed by atoms with Gasteiger partial charge in [0.15, 0.2) is 11.6 Å². The molecule has 0 saturated carbocycles. The van der Waals surface area contributed by atoms with Crippen molar-refractivity contribution in [1.29, 1.82) is 0 Å². The Balaban J connectivity index is 1.07. The highest BCUT2D eigenvalue weighted by molar-refractivity contribution is 7.46. The minimum atomic E-state index is -4.43. The number of phosphoric acid groups is 1. The number of amides is 1. The Kier molecular flexibility index (Phi) is 10.7. The van der Waals surface area contributed by atoms with E-state index in [-0.39, 0.29) is 18.8 Å². The van der Waals surface area contributed by atoms with Gasteiger partial charge >= 0.3 is 7.82 Å². The van der Waals surface area contributed by atoms with Crippen LogP contribution in [0.2, 0.25) is 0 Å². The van der Waals surface area contributed by atoms with E-state index in [0.717, 1.165) is 50.6 Å². The Morgan fingerprint density at radius 3 is 2.58 bits per heavy atom. The van der Waals surface area contributed by atoms with Gasteiger partial charge in [0.25, 0.3) is 0 Å². The molecule has 0 unspecified atom stereocenters. The minimum absolute atomic E-state index is 0.00166. The van der Waals surface area contributed by atoms with E-state index in [1.807, 2.05) is 18.2 Å². The van der Waals surface area contributed by atoms with Crippen molar-refractivity contribution in [3.05, 3.63) is 66.8 Å². The fourth-order valence-electron chi connectivity index (χ4n) is 4.82. The predicted molar refractivity (Wildman–Crippen MR) is 161 cm³/mol. The number of hydrogen-bond donors (Lipinski definition) is 4. The number of benzene rings is 2.